The third-order valence-corrected chi connectivity index (χ3v) is 3.80. The third-order valence-electron chi connectivity index (χ3n) is 3.80. The van der Waals surface area contributed by atoms with E-state index in [1.165, 1.54) is 0 Å². The van der Waals surface area contributed by atoms with Crippen molar-refractivity contribution in [1.82, 2.24) is 16.0 Å². The quantitative estimate of drug-likeness (QED) is 0.760. The van der Waals surface area contributed by atoms with Crippen molar-refractivity contribution in [2.75, 3.05) is 26.7 Å². The fourth-order valence-corrected chi connectivity index (χ4v) is 2.45. The maximum absolute atomic E-state index is 11.9. The Bertz CT molecular complexity index is 496. The molecule has 1 aromatic rings. The van der Waals surface area contributed by atoms with Gasteiger partial charge >= 0.3 is 6.03 Å². The molecule has 0 saturated carbocycles. The van der Waals surface area contributed by atoms with E-state index < -0.39 is 6.03 Å². The van der Waals surface area contributed by atoms with Gasteiger partial charge in [0.25, 0.3) is 0 Å². The summed E-state index contributed by atoms with van der Waals surface area (Å²) in [6.45, 7) is 2.14. The number of hydrogen-bond acceptors (Lipinski definition) is 4. The van der Waals surface area contributed by atoms with E-state index in [-0.39, 0.29) is 11.8 Å². The molecule has 6 nitrogen and oxygen atoms in total. The van der Waals surface area contributed by atoms with Crippen molar-refractivity contribution < 1.29 is 14.3 Å². The highest BCUT2D eigenvalue weighted by atomic mass is 16.5. The molecule has 1 fully saturated rings. The lowest BCUT2D eigenvalue weighted by molar-refractivity contribution is -0.124. The van der Waals surface area contributed by atoms with E-state index in [0.29, 0.717) is 13.0 Å². The second-order valence-electron chi connectivity index (χ2n) is 5.37. The number of rotatable bonds is 5. The molecule has 1 aliphatic rings. The summed E-state index contributed by atoms with van der Waals surface area (Å²) in [6, 6.07) is 7.26. The lowest BCUT2D eigenvalue weighted by atomic mass is 9.97. The van der Waals surface area contributed by atoms with Crippen LogP contribution in [0, 0.1) is 5.92 Å². The molecule has 1 aliphatic heterocycles. The normalized spacial score (nSPS) is 15.1. The van der Waals surface area contributed by atoms with Crippen LogP contribution >= 0.6 is 0 Å². The number of piperidine rings is 1. The molecule has 3 amide bonds. The number of benzene rings is 1. The first-order chi connectivity index (χ1) is 10.7. The van der Waals surface area contributed by atoms with Crippen LogP contribution in [0.4, 0.5) is 4.79 Å². The van der Waals surface area contributed by atoms with E-state index >= 15 is 0 Å². The minimum Gasteiger partial charge on any atom is -0.497 e. The lowest BCUT2D eigenvalue weighted by Crippen LogP contribution is -2.45. The summed E-state index contributed by atoms with van der Waals surface area (Å²) >= 11 is 0. The van der Waals surface area contributed by atoms with Gasteiger partial charge in [0.05, 0.1) is 7.11 Å². The molecule has 0 spiro atoms. The van der Waals surface area contributed by atoms with E-state index in [1.54, 1.807) is 7.11 Å². The van der Waals surface area contributed by atoms with Gasteiger partial charge in [-0.3, -0.25) is 10.1 Å². The van der Waals surface area contributed by atoms with Crippen LogP contribution in [0.5, 0.6) is 5.75 Å². The Labute approximate surface area is 130 Å². The fourth-order valence-electron chi connectivity index (χ4n) is 2.45. The predicted molar refractivity (Wildman–Crippen MR) is 83.8 cm³/mol. The molecule has 1 saturated heterocycles. The van der Waals surface area contributed by atoms with E-state index in [0.717, 1.165) is 37.2 Å². The summed E-state index contributed by atoms with van der Waals surface area (Å²) in [4.78, 5) is 23.6. The molecule has 0 atom stereocenters. The molecule has 22 heavy (non-hydrogen) atoms. The minimum atomic E-state index is -0.419. The molecule has 0 radical (unpaired) electrons. The van der Waals surface area contributed by atoms with Crippen molar-refractivity contribution >= 4 is 11.9 Å². The number of carbonyl (C=O) groups is 2. The molecular formula is C16H23N3O3. The van der Waals surface area contributed by atoms with Crippen LogP contribution in [-0.2, 0) is 11.2 Å². The van der Waals surface area contributed by atoms with E-state index in [2.05, 4.69) is 16.0 Å². The van der Waals surface area contributed by atoms with Gasteiger partial charge in [0.2, 0.25) is 5.91 Å². The molecule has 0 unspecified atom stereocenters. The van der Waals surface area contributed by atoms with Crippen LogP contribution < -0.4 is 20.7 Å². The Hall–Kier alpha value is -2.08. The van der Waals surface area contributed by atoms with Crippen molar-refractivity contribution in [3.8, 4) is 5.75 Å². The zero-order chi connectivity index (χ0) is 15.8. The molecular weight excluding hydrogens is 282 g/mol. The highest BCUT2D eigenvalue weighted by Crippen LogP contribution is 2.12. The van der Waals surface area contributed by atoms with Crippen molar-refractivity contribution in [2.45, 2.75) is 19.3 Å². The van der Waals surface area contributed by atoms with E-state index in [4.69, 9.17) is 4.74 Å². The van der Waals surface area contributed by atoms with Crippen molar-refractivity contribution in [3.63, 3.8) is 0 Å². The Balaban J connectivity index is 1.67. The molecule has 0 aliphatic carbocycles. The summed E-state index contributed by atoms with van der Waals surface area (Å²) in [7, 11) is 1.63. The van der Waals surface area contributed by atoms with Gasteiger partial charge in [0.1, 0.15) is 5.75 Å². The standard InChI is InChI=1S/C16H23N3O3/c1-22-14-4-2-12(3-5-14)6-11-18-16(21)19-15(20)13-7-9-17-10-8-13/h2-5,13,17H,6-11H2,1H3,(H2,18,19,20,21). The van der Waals surface area contributed by atoms with E-state index in [9.17, 15) is 9.59 Å². The predicted octanol–water partition coefficient (Wildman–Crippen LogP) is 1.06. The van der Waals surface area contributed by atoms with Gasteiger partial charge in [-0.2, -0.15) is 0 Å². The minimum absolute atomic E-state index is 0.0615. The summed E-state index contributed by atoms with van der Waals surface area (Å²) in [5.74, 6) is 0.569. The maximum atomic E-state index is 11.9. The molecule has 1 heterocycles. The molecule has 0 aromatic heterocycles. The average molecular weight is 305 g/mol. The van der Waals surface area contributed by atoms with Crippen molar-refractivity contribution in [1.29, 1.82) is 0 Å². The number of nitrogens with one attached hydrogen (secondary N) is 3. The molecule has 0 bridgehead atoms. The van der Waals surface area contributed by atoms with Gasteiger partial charge in [-0.1, -0.05) is 12.1 Å². The number of urea groups is 1. The number of ether oxygens (including phenoxy) is 1. The second-order valence-corrected chi connectivity index (χ2v) is 5.37. The van der Waals surface area contributed by atoms with Crippen LogP contribution in [0.3, 0.4) is 0 Å². The van der Waals surface area contributed by atoms with Gasteiger partial charge in [0, 0.05) is 12.5 Å². The van der Waals surface area contributed by atoms with Gasteiger partial charge in [-0.05, 0) is 50.0 Å². The van der Waals surface area contributed by atoms with Crippen LogP contribution in [-0.4, -0.2) is 38.7 Å². The van der Waals surface area contributed by atoms with Gasteiger partial charge in [0.15, 0.2) is 0 Å². The largest absolute Gasteiger partial charge is 0.497 e. The fraction of sp³-hybridized carbons (Fsp3) is 0.500. The number of amides is 3. The highest BCUT2D eigenvalue weighted by molar-refractivity contribution is 5.95. The Morgan fingerprint density at radius 2 is 1.91 bits per heavy atom. The Morgan fingerprint density at radius 1 is 1.23 bits per heavy atom. The molecule has 1 aromatic carbocycles. The topological polar surface area (TPSA) is 79.5 Å². The zero-order valence-corrected chi connectivity index (χ0v) is 12.9. The monoisotopic (exact) mass is 305 g/mol. The SMILES string of the molecule is COc1ccc(CCNC(=O)NC(=O)C2CCNCC2)cc1. The molecule has 3 N–H and O–H groups in total. The number of methoxy groups -OCH3 is 1. The Kier molecular flexibility index (Phi) is 6.21. The second kappa shape index (κ2) is 8.38. The van der Waals surface area contributed by atoms with Crippen molar-refractivity contribution in [3.05, 3.63) is 29.8 Å². The molecule has 6 heteroatoms. The summed E-state index contributed by atoms with van der Waals surface area (Å²) in [6.07, 6.45) is 2.27. The first-order valence-electron chi connectivity index (χ1n) is 7.61. The first-order valence-corrected chi connectivity index (χ1v) is 7.61. The van der Waals surface area contributed by atoms with Crippen LogP contribution in [0.1, 0.15) is 18.4 Å². The summed E-state index contributed by atoms with van der Waals surface area (Å²) in [5.41, 5.74) is 1.10. The highest BCUT2D eigenvalue weighted by Gasteiger charge is 2.22. The van der Waals surface area contributed by atoms with Crippen LogP contribution in [0.15, 0.2) is 24.3 Å². The van der Waals surface area contributed by atoms with Crippen LogP contribution in [0.25, 0.3) is 0 Å². The lowest BCUT2D eigenvalue weighted by Gasteiger charge is -2.21. The number of imide groups is 1. The van der Waals surface area contributed by atoms with Gasteiger partial charge in [-0.15, -0.1) is 0 Å². The van der Waals surface area contributed by atoms with Gasteiger partial charge < -0.3 is 15.4 Å². The zero-order valence-electron chi connectivity index (χ0n) is 12.9. The molecule has 120 valence electrons. The average Bonchev–Trinajstić information content (AvgIpc) is 2.56. The van der Waals surface area contributed by atoms with Crippen LogP contribution in [0.2, 0.25) is 0 Å². The van der Waals surface area contributed by atoms with Crippen molar-refractivity contribution in [2.24, 2.45) is 5.92 Å². The number of hydrogen-bond donors (Lipinski definition) is 3. The molecule has 2 rings (SSSR count). The third kappa shape index (κ3) is 5.04. The van der Waals surface area contributed by atoms with Gasteiger partial charge in [-0.25, -0.2) is 4.79 Å². The summed E-state index contributed by atoms with van der Waals surface area (Å²) < 4.78 is 5.09. The number of carbonyl (C=O) groups excluding carboxylic acids is 2. The first kappa shape index (κ1) is 16.3. The Morgan fingerprint density at radius 3 is 2.55 bits per heavy atom. The maximum Gasteiger partial charge on any atom is 0.321 e. The smallest absolute Gasteiger partial charge is 0.321 e. The van der Waals surface area contributed by atoms with E-state index in [1.807, 2.05) is 24.3 Å². The summed E-state index contributed by atoms with van der Waals surface area (Å²) in [5, 5.41) is 8.32.